The number of urea groups is 1. The summed E-state index contributed by atoms with van der Waals surface area (Å²) < 4.78 is 0. The van der Waals surface area contributed by atoms with E-state index in [0.29, 0.717) is 6.54 Å². The zero-order chi connectivity index (χ0) is 28.2. The number of carbonyl (C=O) groups excluding carboxylic acids is 2. The van der Waals surface area contributed by atoms with Crippen molar-refractivity contribution < 1.29 is 9.59 Å². The summed E-state index contributed by atoms with van der Waals surface area (Å²) in [7, 11) is 1.65. The molecule has 4 aromatic rings. The summed E-state index contributed by atoms with van der Waals surface area (Å²) in [5.41, 5.74) is 4.26. The van der Waals surface area contributed by atoms with Crippen LogP contribution in [0.4, 0.5) is 4.79 Å². The Morgan fingerprint density at radius 3 is 1.57 bits per heavy atom. The zero-order valence-corrected chi connectivity index (χ0v) is 23.1. The van der Waals surface area contributed by atoms with Crippen LogP contribution >= 0.6 is 0 Å². The van der Waals surface area contributed by atoms with Crippen molar-refractivity contribution in [3.05, 3.63) is 126 Å². The van der Waals surface area contributed by atoms with Gasteiger partial charge in [-0.1, -0.05) is 30.3 Å². The number of nitrogens with zero attached hydrogens (tertiary/aromatic N) is 6. The van der Waals surface area contributed by atoms with Gasteiger partial charge in [0.15, 0.2) is 0 Å². The first-order valence-corrected chi connectivity index (χ1v) is 13.5. The number of aromatic nitrogens is 3. The number of aryl methyl sites for hydroxylation is 2. The van der Waals surface area contributed by atoms with Gasteiger partial charge in [0.25, 0.3) is 0 Å². The largest absolute Gasteiger partial charge is 0.339 e. The predicted octanol–water partition coefficient (Wildman–Crippen LogP) is 5.32. The van der Waals surface area contributed by atoms with E-state index in [9.17, 15) is 9.59 Å². The molecule has 0 bridgehead atoms. The van der Waals surface area contributed by atoms with Gasteiger partial charge in [0.05, 0.1) is 6.54 Å². The van der Waals surface area contributed by atoms with E-state index in [-0.39, 0.29) is 24.5 Å². The normalized spacial score (nSPS) is 10.8. The van der Waals surface area contributed by atoms with Crippen LogP contribution in [0, 0.1) is 0 Å². The lowest BCUT2D eigenvalue weighted by atomic mass is 9.98. The van der Waals surface area contributed by atoms with Gasteiger partial charge in [0.1, 0.15) is 0 Å². The van der Waals surface area contributed by atoms with Crippen LogP contribution in [0.5, 0.6) is 0 Å². The van der Waals surface area contributed by atoms with Crippen LogP contribution in [-0.2, 0) is 30.7 Å². The van der Waals surface area contributed by atoms with Crippen molar-refractivity contribution >= 4 is 11.9 Å². The fourth-order valence-corrected chi connectivity index (χ4v) is 4.64. The minimum Gasteiger partial charge on any atom is -0.316 e. The van der Waals surface area contributed by atoms with Gasteiger partial charge in [0, 0.05) is 63.7 Å². The minimum absolute atomic E-state index is 0.0966. The van der Waals surface area contributed by atoms with Crippen molar-refractivity contribution in [1.29, 1.82) is 0 Å². The Kier molecular flexibility index (Phi) is 10.3. The van der Waals surface area contributed by atoms with Crippen molar-refractivity contribution in [2.45, 2.75) is 51.7 Å². The fourth-order valence-electron chi connectivity index (χ4n) is 4.64. The molecule has 0 unspecified atom stereocenters. The Labute approximate surface area is 236 Å². The third-order valence-corrected chi connectivity index (χ3v) is 7.03. The lowest BCUT2D eigenvalue weighted by Gasteiger charge is -2.39. The van der Waals surface area contributed by atoms with Crippen molar-refractivity contribution in [3.63, 3.8) is 0 Å². The Morgan fingerprint density at radius 1 is 0.650 bits per heavy atom. The van der Waals surface area contributed by atoms with Crippen molar-refractivity contribution in [1.82, 2.24) is 29.9 Å². The van der Waals surface area contributed by atoms with E-state index >= 15 is 0 Å². The molecule has 0 aliphatic rings. The van der Waals surface area contributed by atoms with Gasteiger partial charge in [0.2, 0.25) is 5.91 Å². The molecule has 0 N–H and O–H groups in total. The van der Waals surface area contributed by atoms with Gasteiger partial charge in [-0.05, 0) is 84.3 Å². The molecule has 206 valence electrons. The summed E-state index contributed by atoms with van der Waals surface area (Å²) >= 11 is 0. The van der Waals surface area contributed by atoms with Crippen LogP contribution in [0.1, 0.15) is 42.0 Å². The van der Waals surface area contributed by atoms with Crippen molar-refractivity contribution in [2.24, 2.45) is 0 Å². The van der Waals surface area contributed by atoms with Crippen LogP contribution in [0.15, 0.2) is 104 Å². The molecule has 3 amide bonds. The maximum absolute atomic E-state index is 14.5. The highest BCUT2D eigenvalue weighted by molar-refractivity contribution is 5.80. The number of hydrogen-bond donors (Lipinski definition) is 0. The third-order valence-electron chi connectivity index (χ3n) is 7.03. The molecule has 0 spiro atoms. The van der Waals surface area contributed by atoms with Gasteiger partial charge in [-0.25, -0.2) is 9.80 Å². The molecule has 4 rings (SSSR count). The summed E-state index contributed by atoms with van der Waals surface area (Å²) in [5.74, 6) is -0.210. The number of carbonyl (C=O) groups is 2. The molecule has 0 atom stereocenters. The van der Waals surface area contributed by atoms with E-state index in [1.807, 2.05) is 71.6 Å². The molecule has 3 aromatic heterocycles. The number of hydrazine groups is 1. The number of benzene rings is 1. The Balaban J connectivity index is 1.68. The Hall–Kier alpha value is -4.59. The molecule has 0 saturated carbocycles. The quantitative estimate of drug-likeness (QED) is 0.242. The van der Waals surface area contributed by atoms with E-state index in [1.165, 1.54) is 23.1 Å². The molecular formula is C32H36N6O2. The predicted molar refractivity (Wildman–Crippen MR) is 155 cm³/mol. The maximum Gasteiger partial charge on any atom is 0.339 e. The molecule has 0 aliphatic carbocycles. The van der Waals surface area contributed by atoms with Crippen LogP contribution in [0.2, 0.25) is 0 Å². The maximum atomic E-state index is 14.5. The topological polar surface area (TPSA) is 82.5 Å². The summed E-state index contributed by atoms with van der Waals surface area (Å²) in [6, 6.07) is 21.3. The number of pyridine rings is 3. The molecule has 0 fully saturated rings. The third kappa shape index (κ3) is 8.20. The molecule has 8 heteroatoms. The van der Waals surface area contributed by atoms with Gasteiger partial charge in [-0.3, -0.25) is 24.8 Å². The van der Waals surface area contributed by atoms with E-state index < -0.39 is 0 Å². The smallest absolute Gasteiger partial charge is 0.316 e. The van der Waals surface area contributed by atoms with Crippen LogP contribution in [-0.4, -0.2) is 54.9 Å². The second-order valence-corrected chi connectivity index (χ2v) is 9.79. The van der Waals surface area contributed by atoms with Crippen molar-refractivity contribution in [3.8, 4) is 0 Å². The fraction of sp³-hybridized carbons (Fsp3) is 0.281. The number of amides is 3. The van der Waals surface area contributed by atoms with E-state index in [4.69, 9.17) is 0 Å². The van der Waals surface area contributed by atoms with Gasteiger partial charge < -0.3 is 4.90 Å². The van der Waals surface area contributed by atoms with Gasteiger partial charge >= 0.3 is 6.03 Å². The van der Waals surface area contributed by atoms with Gasteiger partial charge in [-0.15, -0.1) is 0 Å². The number of rotatable bonds is 11. The van der Waals surface area contributed by atoms with Crippen LogP contribution < -0.4 is 0 Å². The highest BCUT2D eigenvalue weighted by atomic mass is 16.2. The summed E-state index contributed by atoms with van der Waals surface area (Å²) in [6.45, 7) is 2.16. The summed E-state index contributed by atoms with van der Waals surface area (Å²) in [6.07, 6.45) is 13.8. The molecule has 8 nitrogen and oxygen atoms in total. The van der Waals surface area contributed by atoms with Crippen LogP contribution in [0.25, 0.3) is 0 Å². The first kappa shape index (κ1) is 28.4. The lowest BCUT2D eigenvalue weighted by molar-refractivity contribution is -0.140. The Bertz CT molecular complexity index is 1280. The highest BCUT2D eigenvalue weighted by Gasteiger charge is 2.31. The Morgan fingerprint density at radius 2 is 1.10 bits per heavy atom. The molecule has 0 saturated heterocycles. The van der Waals surface area contributed by atoms with Crippen LogP contribution in [0.3, 0.4) is 0 Å². The average Bonchev–Trinajstić information content (AvgIpc) is 3.00. The average molecular weight is 537 g/mol. The monoisotopic (exact) mass is 536 g/mol. The molecular weight excluding hydrogens is 500 g/mol. The minimum atomic E-state index is -0.215. The first-order chi connectivity index (χ1) is 19.5. The lowest BCUT2D eigenvalue weighted by Crippen LogP contribution is -2.54. The SMILES string of the molecule is CC(=O)N(C)N(Cc1ccccc1)C(=O)N(Cc1ccncc1)C(CCc1ccncc1)CCc1ccncc1. The molecule has 0 aliphatic heterocycles. The first-order valence-electron chi connectivity index (χ1n) is 13.5. The van der Waals surface area contributed by atoms with Crippen molar-refractivity contribution in [2.75, 3.05) is 7.05 Å². The van der Waals surface area contributed by atoms with E-state index in [1.54, 1.807) is 49.2 Å². The second kappa shape index (κ2) is 14.5. The van der Waals surface area contributed by atoms with E-state index in [2.05, 4.69) is 15.0 Å². The van der Waals surface area contributed by atoms with Gasteiger partial charge in [-0.2, -0.15) is 0 Å². The molecule has 40 heavy (non-hydrogen) atoms. The summed E-state index contributed by atoms with van der Waals surface area (Å²) in [5, 5.41) is 2.96. The summed E-state index contributed by atoms with van der Waals surface area (Å²) in [4.78, 5) is 41.4. The molecule has 1 aromatic carbocycles. The number of hydrogen-bond acceptors (Lipinski definition) is 5. The van der Waals surface area contributed by atoms with E-state index in [0.717, 1.165) is 36.8 Å². The second-order valence-electron chi connectivity index (χ2n) is 9.79. The highest BCUT2D eigenvalue weighted by Crippen LogP contribution is 2.22. The zero-order valence-electron chi connectivity index (χ0n) is 23.1. The molecule has 0 radical (unpaired) electrons. The molecule has 3 heterocycles. The standard InChI is InChI=1S/C32H36N6O2/c1-26(39)36(2)38(25-29-6-4-3-5-7-29)32(40)37(24-30-16-22-35-23-17-30)31(10-8-27-12-18-33-19-13-27)11-9-28-14-20-34-21-15-28/h3-7,12-23,31H,8-11,24-25H2,1-2H3.